The van der Waals surface area contributed by atoms with E-state index in [1.54, 1.807) is 12.1 Å². The van der Waals surface area contributed by atoms with E-state index in [9.17, 15) is 21.9 Å². The number of likely N-dealkylation sites (N-methyl/N-ethyl adjacent to an activating group) is 1. The molecule has 2 rings (SSSR count). The van der Waals surface area contributed by atoms with Gasteiger partial charge in [-0.15, -0.1) is 0 Å². The van der Waals surface area contributed by atoms with Gasteiger partial charge in [-0.2, -0.15) is 4.31 Å². The van der Waals surface area contributed by atoms with Crippen LogP contribution in [0.4, 0.5) is 0 Å². The SMILES string of the molecule is CC(C)c1ccc(S(=O)(=O)N(C)[C@@H]2CS(=O)(=O)C[C@H]2O)cc1. The Kier molecular flexibility index (Phi) is 4.68. The standard InChI is InChI=1S/C14H21NO5S2/c1-10(2)11-4-6-12(7-5-11)22(19,20)15(3)13-8-21(17,18)9-14(13)16/h4-7,10,13-14,16H,8-9H2,1-3H3/t13-,14-/m1/s1. The fourth-order valence-electron chi connectivity index (χ4n) is 2.53. The lowest BCUT2D eigenvalue weighted by molar-refractivity contribution is 0.137. The van der Waals surface area contributed by atoms with Crippen molar-refractivity contribution >= 4 is 19.9 Å². The Balaban J connectivity index is 2.30. The molecule has 0 bridgehead atoms. The number of rotatable bonds is 4. The van der Waals surface area contributed by atoms with Gasteiger partial charge in [0.1, 0.15) is 0 Å². The topological polar surface area (TPSA) is 91.8 Å². The number of nitrogens with zero attached hydrogens (tertiary/aromatic N) is 1. The average Bonchev–Trinajstić information content (AvgIpc) is 2.71. The van der Waals surface area contributed by atoms with Gasteiger partial charge in [-0.3, -0.25) is 0 Å². The first-order chi connectivity index (χ1) is 10.0. The van der Waals surface area contributed by atoms with E-state index in [-0.39, 0.29) is 16.6 Å². The lowest BCUT2D eigenvalue weighted by Crippen LogP contribution is -2.44. The quantitative estimate of drug-likeness (QED) is 0.860. The van der Waals surface area contributed by atoms with Crippen LogP contribution >= 0.6 is 0 Å². The van der Waals surface area contributed by atoms with Crippen molar-refractivity contribution in [1.82, 2.24) is 4.31 Å². The highest BCUT2D eigenvalue weighted by molar-refractivity contribution is 7.92. The smallest absolute Gasteiger partial charge is 0.243 e. The molecule has 0 spiro atoms. The summed E-state index contributed by atoms with van der Waals surface area (Å²) in [6.45, 7) is 4.02. The van der Waals surface area contributed by atoms with Crippen LogP contribution < -0.4 is 0 Å². The van der Waals surface area contributed by atoms with Gasteiger partial charge in [0.25, 0.3) is 0 Å². The van der Waals surface area contributed by atoms with Crippen molar-refractivity contribution in [3.8, 4) is 0 Å². The molecule has 2 atom stereocenters. The summed E-state index contributed by atoms with van der Waals surface area (Å²) in [5, 5.41) is 9.84. The van der Waals surface area contributed by atoms with Crippen molar-refractivity contribution in [2.45, 2.75) is 36.8 Å². The molecule has 1 fully saturated rings. The number of sulfone groups is 1. The Morgan fingerprint density at radius 1 is 1.18 bits per heavy atom. The van der Waals surface area contributed by atoms with Crippen molar-refractivity contribution in [3.05, 3.63) is 29.8 Å². The summed E-state index contributed by atoms with van der Waals surface area (Å²) in [4.78, 5) is 0.0934. The summed E-state index contributed by atoms with van der Waals surface area (Å²) in [6, 6.07) is 5.56. The second-order valence-electron chi connectivity index (χ2n) is 5.96. The minimum atomic E-state index is -3.84. The zero-order valence-corrected chi connectivity index (χ0v) is 14.4. The van der Waals surface area contributed by atoms with Crippen molar-refractivity contribution in [1.29, 1.82) is 0 Å². The normalized spacial score (nSPS) is 25.0. The minimum Gasteiger partial charge on any atom is -0.390 e. The second kappa shape index (κ2) is 5.92. The second-order valence-corrected chi connectivity index (χ2v) is 10.1. The third-order valence-corrected chi connectivity index (χ3v) is 7.58. The molecule has 0 unspecified atom stereocenters. The first-order valence-electron chi connectivity index (χ1n) is 7.01. The van der Waals surface area contributed by atoms with E-state index in [0.717, 1.165) is 9.87 Å². The molecule has 1 N–H and O–H groups in total. The zero-order chi connectivity index (χ0) is 16.7. The highest BCUT2D eigenvalue weighted by Gasteiger charge is 2.42. The molecule has 6 nitrogen and oxygen atoms in total. The molecule has 0 aromatic heterocycles. The van der Waals surface area contributed by atoms with Gasteiger partial charge in [0.15, 0.2) is 9.84 Å². The van der Waals surface area contributed by atoms with Crippen LogP contribution in [0.2, 0.25) is 0 Å². The fraction of sp³-hybridized carbons (Fsp3) is 0.571. The van der Waals surface area contributed by atoms with Crippen LogP contribution in [0.1, 0.15) is 25.3 Å². The highest BCUT2D eigenvalue weighted by Crippen LogP contribution is 2.25. The van der Waals surface area contributed by atoms with Gasteiger partial charge in [-0.25, -0.2) is 16.8 Å². The average molecular weight is 347 g/mol. The molecule has 0 aliphatic carbocycles. The van der Waals surface area contributed by atoms with Crippen molar-refractivity contribution < 1.29 is 21.9 Å². The van der Waals surface area contributed by atoms with Crippen molar-refractivity contribution in [2.75, 3.05) is 18.6 Å². The Morgan fingerprint density at radius 2 is 1.73 bits per heavy atom. The molecular formula is C14H21NO5S2. The summed E-state index contributed by atoms with van der Waals surface area (Å²) >= 11 is 0. The molecule has 1 aromatic rings. The maximum Gasteiger partial charge on any atom is 0.243 e. The maximum atomic E-state index is 12.6. The summed E-state index contributed by atoms with van der Waals surface area (Å²) < 4.78 is 49.2. The van der Waals surface area contributed by atoms with Crippen LogP contribution in [-0.2, 0) is 19.9 Å². The van der Waals surface area contributed by atoms with Gasteiger partial charge in [0.2, 0.25) is 10.0 Å². The third kappa shape index (κ3) is 3.34. The summed E-state index contributed by atoms with van der Waals surface area (Å²) in [5.41, 5.74) is 1.02. The molecule has 1 aliphatic heterocycles. The molecule has 124 valence electrons. The van der Waals surface area contributed by atoms with Gasteiger partial charge in [0.05, 0.1) is 28.5 Å². The van der Waals surface area contributed by atoms with E-state index in [4.69, 9.17) is 0 Å². The first-order valence-corrected chi connectivity index (χ1v) is 10.3. The Hall–Kier alpha value is -0.960. The van der Waals surface area contributed by atoms with E-state index in [1.165, 1.54) is 19.2 Å². The number of aliphatic hydroxyl groups excluding tert-OH is 1. The Labute approximate surface area is 131 Å². The zero-order valence-electron chi connectivity index (χ0n) is 12.8. The summed E-state index contributed by atoms with van der Waals surface area (Å²) in [7, 11) is -5.94. The van der Waals surface area contributed by atoms with E-state index in [0.29, 0.717) is 0 Å². The van der Waals surface area contributed by atoms with Crippen LogP contribution in [0.25, 0.3) is 0 Å². The van der Waals surface area contributed by atoms with Gasteiger partial charge in [-0.05, 0) is 23.6 Å². The van der Waals surface area contributed by atoms with Crippen LogP contribution in [0.3, 0.4) is 0 Å². The van der Waals surface area contributed by atoms with Crippen LogP contribution in [-0.4, -0.2) is 56.9 Å². The van der Waals surface area contributed by atoms with E-state index < -0.39 is 37.8 Å². The number of sulfonamides is 1. The number of hydrogen-bond donors (Lipinski definition) is 1. The number of aliphatic hydroxyl groups is 1. The van der Waals surface area contributed by atoms with E-state index in [1.807, 2.05) is 13.8 Å². The van der Waals surface area contributed by atoms with E-state index in [2.05, 4.69) is 0 Å². The lowest BCUT2D eigenvalue weighted by Gasteiger charge is -2.25. The van der Waals surface area contributed by atoms with Gasteiger partial charge in [-0.1, -0.05) is 26.0 Å². The molecule has 1 saturated heterocycles. The van der Waals surface area contributed by atoms with Gasteiger partial charge in [0, 0.05) is 7.05 Å². The molecule has 1 aromatic carbocycles. The van der Waals surface area contributed by atoms with Crippen LogP contribution in [0, 0.1) is 0 Å². The van der Waals surface area contributed by atoms with Crippen molar-refractivity contribution in [2.24, 2.45) is 0 Å². The van der Waals surface area contributed by atoms with Gasteiger partial charge < -0.3 is 5.11 Å². The number of benzene rings is 1. The fourth-order valence-corrected chi connectivity index (χ4v) is 5.85. The number of hydrogen-bond acceptors (Lipinski definition) is 5. The monoisotopic (exact) mass is 347 g/mol. The van der Waals surface area contributed by atoms with Crippen molar-refractivity contribution in [3.63, 3.8) is 0 Å². The largest absolute Gasteiger partial charge is 0.390 e. The summed E-state index contributed by atoms with van der Waals surface area (Å²) in [6.07, 6.45) is -1.19. The molecule has 0 radical (unpaired) electrons. The van der Waals surface area contributed by atoms with Crippen LogP contribution in [0.15, 0.2) is 29.2 Å². The maximum absolute atomic E-state index is 12.6. The van der Waals surface area contributed by atoms with Gasteiger partial charge >= 0.3 is 0 Å². The minimum absolute atomic E-state index is 0.0934. The lowest BCUT2D eigenvalue weighted by atomic mass is 10.0. The highest BCUT2D eigenvalue weighted by atomic mass is 32.2. The first kappa shape index (κ1) is 17.4. The molecule has 8 heteroatoms. The predicted octanol–water partition coefficient (Wildman–Crippen LogP) is 0.588. The van der Waals surface area contributed by atoms with E-state index >= 15 is 0 Å². The molecule has 1 aliphatic rings. The molecule has 0 amide bonds. The van der Waals surface area contributed by atoms with Crippen LogP contribution in [0.5, 0.6) is 0 Å². The Morgan fingerprint density at radius 3 is 2.14 bits per heavy atom. The molecular weight excluding hydrogens is 326 g/mol. The third-order valence-electron chi connectivity index (χ3n) is 3.98. The molecule has 0 saturated carbocycles. The molecule has 22 heavy (non-hydrogen) atoms. The molecule has 1 heterocycles. The summed E-state index contributed by atoms with van der Waals surface area (Å²) in [5.74, 6) is -0.464. The Bertz CT molecular complexity index is 738. The predicted molar refractivity (Wildman–Crippen MR) is 83.9 cm³/mol.